The lowest BCUT2D eigenvalue weighted by Crippen LogP contribution is -2.26. The van der Waals surface area contributed by atoms with Gasteiger partial charge in [0.25, 0.3) is 0 Å². The summed E-state index contributed by atoms with van der Waals surface area (Å²) < 4.78 is 0. The van der Waals surface area contributed by atoms with Gasteiger partial charge in [-0.05, 0) is 25.5 Å². The van der Waals surface area contributed by atoms with Crippen molar-refractivity contribution < 1.29 is 4.79 Å². The molecule has 14 heavy (non-hydrogen) atoms. The standard InChI is InChI=1S/C10H12BrNOS/c1-7-2-3-8(14-7)6-12-5-4-9(11)10(12)13/h2-3,9H,4-6H2,1H3. The summed E-state index contributed by atoms with van der Waals surface area (Å²) in [5.41, 5.74) is 0. The summed E-state index contributed by atoms with van der Waals surface area (Å²) in [6.07, 6.45) is 0.934. The summed E-state index contributed by atoms with van der Waals surface area (Å²) in [6.45, 7) is 3.75. The topological polar surface area (TPSA) is 20.3 Å². The Kier molecular flexibility index (Phi) is 2.93. The van der Waals surface area contributed by atoms with Crippen LogP contribution in [0.5, 0.6) is 0 Å². The Hall–Kier alpha value is -0.350. The smallest absolute Gasteiger partial charge is 0.236 e. The van der Waals surface area contributed by atoms with Crippen molar-refractivity contribution in [3.8, 4) is 0 Å². The van der Waals surface area contributed by atoms with E-state index in [0.29, 0.717) is 0 Å². The molecule has 1 unspecified atom stereocenters. The molecule has 0 aliphatic carbocycles. The van der Waals surface area contributed by atoms with Crippen LogP contribution in [0.15, 0.2) is 12.1 Å². The number of nitrogens with zero attached hydrogens (tertiary/aromatic N) is 1. The molecular formula is C10H12BrNOS. The molecule has 0 bridgehead atoms. The molecular weight excluding hydrogens is 262 g/mol. The predicted octanol–water partition coefficient (Wildman–Crippen LogP) is 2.55. The first-order chi connectivity index (χ1) is 6.66. The molecule has 4 heteroatoms. The zero-order valence-electron chi connectivity index (χ0n) is 8.00. The number of rotatable bonds is 2. The fraction of sp³-hybridized carbons (Fsp3) is 0.500. The lowest BCUT2D eigenvalue weighted by Gasteiger charge is -2.14. The number of hydrogen-bond donors (Lipinski definition) is 0. The normalized spacial score (nSPS) is 22.0. The number of carbonyl (C=O) groups is 1. The van der Waals surface area contributed by atoms with Crippen LogP contribution >= 0.6 is 27.3 Å². The Morgan fingerprint density at radius 2 is 2.43 bits per heavy atom. The molecule has 1 aromatic heterocycles. The molecule has 0 radical (unpaired) electrons. The molecule has 1 saturated heterocycles. The zero-order valence-corrected chi connectivity index (χ0v) is 10.4. The van der Waals surface area contributed by atoms with Crippen molar-refractivity contribution in [1.29, 1.82) is 0 Å². The molecule has 0 spiro atoms. The van der Waals surface area contributed by atoms with Gasteiger partial charge < -0.3 is 4.90 Å². The highest BCUT2D eigenvalue weighted by molar-refractivity contribution is 9.10. The third-order valence-electron chi connectivity index (χ3n) is 2.37. The van der Waals surface area contributed by atoms with Crippen LogP contribution in [0.2, 0.25) is 0 Å². The highest BCUT2D eigenvalue weighted by Crippen LogP contribution is 2.23. The fourth-order valence-electron chi connectivity index (χ4n) is 1.62. The van der Waals surface area contributed by atoms with Gasteiger partial charge in [-0.3, -0.25) is 4.79 Å². The van der Waals surface area contributed by atoms with Crippen molar-refractivity contribution in [2.75, 3.05) is 6.54 Å². The first-order valence-electron chi connectivity index (χ1n) is 4.65. The minimum Gasteiger partial charge on any atom is -0.337 e. The van der Waals surface area contributed by atoms with Gasteiger partial charge in [0.1, 0.15) is 0 Å². The largest absolute Gasteiger partial charge is 0.337 e. The average Bonchev–Trinajstić information content (AvgIpc) is 2.67. The maximum Gasteiger partial charge on any atom is 0.236 e. The van der Waals surface area contributed by atoms with Gasteiger partial charge in [0, 0.05) is 16.3 Å². The van der Waals surface area contributed by atoms with Crippen LogP contribution in [0, 0.1) is 6.92 Å². The molecule has 0 saturated carbocycles. The first-order valence-corrected chi connectivity index (χ1v) is 6.38. The van der Waals surface area contributed by atoms with Gasteiger partial charge >= 0.3 is 0 Å². The van der Waals surface area contributed by atoms with Crippen molar-refractivity contribution in [3.05, 3.63) is 21.9 Å². The average molecular weight is 274 g/mol. The summed E-state index contributed by atoms with van der Waals surface area (Å²) in [5, 5.41) is 0. The van der Waals surface area contributed by atoms with Crippen molar-refractivity contribution >= 4 is 33.2 Å². The molecule has 0 N–H and O–H groups in total. The van der Waals surface area contributed by atoms with Crippen molar-refractivity contribution in [2.45, 2.75) is 24.7 Å². The van der Waals surface area contributed by atoms with E-state index in [0.717, 1.165) is 19.5 Å². The minimum absolute atomic E-state index is 0.0450. The number of carbonyl (C=O) groups excluding carboxylic acids is 1. The summed E-state index contributed by atoms with van der Waals surface area (Å²) in [4.78, 5) is 16.1. The molecule has 1 aliphatic rings. The molecule has 1 fully saturated rings. The Bertz CT molecular complexity index is 350. The van der Waals surface area contributed by atoms with E-state index in [1.807, 2.05) is 4.90 Å². The predicted molar refractivity (Wildman–Crippen MR) is 61.8 cm³/mol. The first kappa shape index (κ1) is 10.2. The summed E-state index contributed by atoms with van der Waals surface area (Å²) in [6, 6.07) is 4.21. The van der Waals surface area contributed by atoms with Crippen LogP contribution in [0.25, 0.3) is 0 Å². The Morgan fingerprint density at radius 3 is 2.93 bits per heavy atom. The van der Waals surface area contributed by atoms with Gasteiger partial charge in [-0.15, -0.1) is 11.3 Å². The number of hydrogen-bond acceptors (Lipinski definition) is 2. The molecule has 1 amide bonds. The highest BCUT2D eigenvalue weighted by atomic mass is 79.9. The number of halogens is 1. The second kappa shape index (κ2) is 4.03. The molecule has 2 rings (SSSR count). The monoisotopic (exact) mass is 273 g/mol. The van der Waals surface area contributed by atoms with Crippen LogP contribution < -0.4 is 0 Å². The maximum atomic E-state index is 11.6. The van der Waals surface area contributed by atoms with Crippen molar-refractivity contribution in [1.82, 2.24) is 4.90 Å². The zero-order chi connectivity index (χ0) is 10.1. The maximum absolute atomic E-state index is 11.6. The molecule has 1 atom stereocenters. The molecule has 76 valence electrons. The van der Waals surface area contributed by atoms with Gasteiger partial charge in [0.05, 0.1) is 11.4 Å². The van der Waals surface area contributed by atoms with E-state index in [1.54, 1.807) is 11.3 Å². The second-order valence-electron chi connectivity index (χ2n) is 3.53. The van der Waals surface area contributed by atoms with E-state index in [1.165, 1.54) is 9.75 Å². The summed E-state index contributed by atoms with van der Waals surface area (Å²) in [7, 11) is 0. The van der Waals surface area contributed by atoms with Crippen molar-refractivity contribution in [3.63, 3.8) is 0 Å². The van der Waals surface area contributed by atoms with E-state index < -0.39 is 0 Å². The Morgan fingerprint density at radius 1 is 1.64 bits per heavy atom. The third-order valence-corrected chi connectivity index (χ3v) is 4.21. The van der Waals surface area contributed by atoms with Crippen LogP contribution in [-0.4, -0.2) is 22.2 Å². The van der Waals surface area contributed by atoms with Crippen molar-refractivity contribution in [2.24, 2.45) is 0 Å². The molecule has 2 heterocycles. The Labute approximate surface area is 96.0 Å². The lowest BCUT2D eigenvalue weighted by molar-refractivity contribution is -0.127. The number of likely N-dealkylation sites (tertiary alicyclic amines) is 1. The van der Waals surface area contributed by atoms with Gasteiger partial charge in [-0.2, -0.15) is 0 Å². The van der Waals surface area contributed by atoms with Crippen LogP contribution in [0.4, 0.5) is 0 Å². The van der Waals surface area contributed by atoms with E-state index in [-0.39, 0.29) is 10.7 Å². The summed E-state index contributed by atoms with van der Waals surface area (Å²) >= 11 is 5.14. The third kappa shape index (κ3) is 2.01. The van der Waals surface area contributed by atoms with E-state index in [2.05, 4.69) is 35.0 Å². The van der Waals surface area contributed by atoms with E-state index in [9.17, 15) is 4.79 Å². The highest BCUT2D eigenvalue weighted by Gasteiger charge is 2.29. The molecule has 2 nitrogen and oxygen atoms in total. The number of thiophene rings is 1. The minimum atomic E-state index is 0.0450. The number of alkyl halides is 1. The van der Waals surface area contributed by atoms with Gasteiger partial charge in [-0.25, -0.2) is 0 Å². The lowest BCUT2D eigenvalue weighted by atomic mass is 10.4. The van der Waals surface area contributed by atoms with Crippen LogP contribution in [-0.2, 0) is 11.3 Å². The van der Waals surface area contributed by atoms with Gasteiger partial charge in [-0.1, -0.05) is 15.9 Å². The number of aryl methyl sites for hydroxylation is 1. The van der Waals surface area contributed by atoms with E-state index >= 15 is 0 Å². The van der Waals surface area contributed by atoms with Crippen LogP contribution in [0.3, 0.4) is 0 Å². The van der Waals surface area contributed by atoms with Crippen LogP contribution in [0.1, 0.15) is 16.2 Å². The van der Waals surface area contributed by atoms with Gasteiger partial charge in [0.15, 0.2) is 0 Å². The quantitative estimate of drug-likeness (QED) is 0.759. The number of amides is 1. The molecule has 1 aromatic rings. The van der Waals surface area contributed by atoms with Gasteiger partial charge in [0.2, 0.25) is 5.91 Å². The molecule has 1 aliphatic heterocycles. The SMILES string of the molecule is Cc1ccc(CN2CCC(Br)C2=O)s1. The Balaban J connectivity index is 2.02. The second-order valence-corrected chi connectivity index (χ2v) is 6.01. The van der Waals surface area contributed by atoms with E-state index in [4.69, 9.17) is 0 Å². The molecule has 0 aromatic carbocycles. The summed E-state index contributed by atoms with van der Waals surface area (Å²) in [5.74, 6) is 0.232. The fourth-order valence-corrected chi connectivity index (χ4v) is 3.02.